The fourth-order valence-electron chi connectivity index (χ4n) is 3.25. The minimum Gasteiger partial charge on any atom is -0.490 e. The second-order valence-corrected chi connectivity index (χ2v) is 5.77. The van der Waals surface area contributed by atoms with Gasteiger partial charge in [0.25, 0.3) is 0 Å². The van der Waals surface area contributed by atoms with Gasteiger partial charge in [0.1, 0.15) is 0 Å². The number of fused-ring (bicyclic) bond motifs is 1. The number of hydrogen-bond donors (Lipinski definition) is 1. The van der Waals surface area contributed by atoms with Gasteiger partial charge < -0.3 is 14.6 Å². The van der Waals surface area contributed by atoms with Gasteiger partial charge in [-0.15, -0.1) is 0 Å². The third-order valence-corrected chi connectivity index (χ3v) is 4.45. The van der Waals surface area contributed by atoms with Gasteiger partial charge in [0.2, 0.25) is 0 Å². The van der Waals surface area contributed by atoms with Crippen LogP contribution in [-0.2, 0) is 0 Å². The maximum atomic E-state index is 10.6. The number of benzene rings is 1. The van der Waals surface area contributed by atoms with Gasteiger partial charge in [-0.3, -0.25) is 0 Å². The number of aliphatic hydroxyl groups excluding tert-OH is 1. The molecule has 3 atom stereocenters. The summed E-state index contributed by atoms with van der Waals surface area (Å²) in [5.41, 5.74) is 0.961. The predicted octanol–water partition coefficient (Wildman–Crippen LogP) is 3.32. The highest BCUT2D eigenvalue weighted by Crippen LogP contribution is 2.42. The Bertz CT molecular complexity index is 444. The smallest absolute Gasteiger partial charge is 0.161 e. The molecule has 2 aliphatic rings. The van der Waals surface area contributed by atoms with Crippen molar-refractivity contribution in [1.29, 1.82) is 0 Å². The number of ether oxygens (including phenoxy) is 2. The second kappa shape index (κ2) is 5.41. The Morgan fingerprint density at radius 3 is 2.63 bits per heavy atom. The van der Waals surface area contributed by atoms with Crippen molar-refractivity contribution in [2.75, 3.05) is 13.2 Å². The summed E-state index contributed by atoms with van der Waals surface area (Å²) < 4.78 is 11.3. The average molecular weight is 262 g/mol. The first-order valence-corrected chi connectivity index (χ1v) is 7.33. The SMILES string of the molecule is CC1CCCC1C(O)c1ccc2c(c1)OCCCO2. The summed E-state index contributed by atoms with van der Waals surface area (Å²) in [6.07, 6.45) is 4.11. The quantitative estimate of drug-likeness (QED) is 0.888. The Balaban J connectivity index is 1.82. The Kier molecular flexibility index (Phi) is 3.65. The lowest BCUT2D eigenvalue weighted by Gasteiger charge is -2.23. The van der Waals surface area contributed by atoms with E-state index in [2.05, 4.69) is 6.92 Å². The first-order chi connectivity index (χ1) is 9.25. The van der Waals surface area contributed by atoms with Gasteiger partial charge in [0.15, 0.2) is 11.5 Å². The monoisotopic (exact) mass is 262 g/mol. The van der Waals surface area contributed by atoms with Crippen molar-refractivity contribution in [3.05, 3.63) is 23.8 Å². The molecule has 104 valence electrons. The van der Waals surface area contributed by atoms with Gasteiger partial charge >= 0.3 is 0 Å². The van der Waals surface area contributed by atoms with Crippen LogP contribution in [-0.4, -0.2) is 18.3 Å². The van der Waals surface area contributed by atoms with Gasteiger partial charge in [-0.25, -0.2) is 0 Å². The van der Waals surface area contributed by atoms with Crippen LogP contribution in [0.1, 0.15) is 44.3 Å². The highest BCUT2D eigenvalue weighted by Gasteiger charge is 2.31. The van der Waals surface area contributed by atoms with Crippen LogP contribution in [0.25, 0.3) is 0 Å². The van der Waals surface area contributed by atoms with E-state index in [0.717, 1.165) is 29.9 Å². The molecule has 1 fully saturated rings. The first kappa shape index (κ1) is 12.8. The molecule has 3 nitrogen and oxygen atoms in total. The van der Waals surface area contributed by atoms with E-state index in [-0.39, 0.29) is 6.10 Å². The minimum atomic E-state index is -0.380. The second-order valence-electron chi connectivity index (χ2n) is 5.77. The Labute approximate surface area is 114 Å². The lowest BCUT2D eigenvalue weighted by atomic mass is 9.88. The molecule has 1 N–H and O–H groups in total. The molecule has 0 amide bonds. The molecule has 1 aromatic carbocycles. The zero-order valence-corrected chi connectivity index (χ0v) is 11.5. The molecule has 1 aliphatic carbocycles. The van der Waals surface area contributed by atoms with Gasteiger partial charge in [0, 0.05) is 6.42 Å². The lowest BCUT2D eigenvalue weighted by Crippen LogP contribution is -2.15. The number of rotatable bonds is 2. The van der Waals surface area contributed by atoms with Crippen molar-refractivity contribution >= 4 is 0 Å². The van der Waals surface area contributed by atoms with Crippen LogP contribution in [0.3, 0.4) is 0 Å². The molecule has 3 rings (SSSR count). The predicted molar refractivity (Wildman–Crippen MR) is 73.5 cm³/mol. The van der Waals surface area contributed by atoms with Crippen molar-refractivity contribution in [2.45, 2.75) is 38.7 Å². The summed E-state index contributed by atoms with van der Waals surface area (Å²) in [7, 11) is 0. The van der Waals surface area contributed by atoms with Crippen molar-refractivity contribution in [3.63, 3.8) is 0 Å². The van der Waals surface area contributed by atoms with Crippen LogP contribution in [0, 0.1) is 11.8 Å². The summed E-state index contributed by atoms with van der Waals surface area (Å²) in [6.45, 7) is 3.63. The summed E-state index contributed by atoms with van der Waals surface area (Å²) in [4.78, 5) is 0. The van der Waals surface area contributed by atoms with Crippen molar-refractivity contribution < 1.29 is 14.6 Å². The van der Waals surface area contributed by atoms with E-state index >= 15 is 0 Å². The molecule has 0 spiro atoms. The van der Waals surface area contributed by atoms with Crippen LogP contribution in [0.4, 0.5) is 0 Å². The van der Waals surface area contributed by atoms with Crippen molar-refractivity contribution in [2.24, 2.45) is 11.8 Å². The Morgan fingerprint density at radius 2 is 1.89 bits per heavy atom. The molecule has 1 aromatic rings. The average Bonchev–Trinajstić information content (AvgIpc) is 2.72. The molecule has 3 unspecified atom stereocenters. The van der Waals surface area contributed by atoms with E-state index in [0.29, 0.717) is 25.0 Å². The van der Waals surface area contributed by atoms with Crippen LogP contribution in [0.2, 0.25) is 0 Å². The maximum absolute atomic E-state index is 10.6. The van der Waals surface area contributed by atoms with Crippen LogP contribution >= 0.6 is 0 Å². The molecule has 3 heteroatoms. The normalized spacial score (nSPS) is 27.9. The maximum Gasteiger partial charge on any atom is 0.161 e. The molecule has 1 aliphatic heterocycles. The molecule has 0 radical (unpaired) electrons. The summed E-state index contributed by atoms with van der Waals surface area (Å²) in [6, 6.07) is 5.86. The topological polar surface area (TPSA) is 38.7 Å². The van der Waals surface area contributed by atoms with Crippen LogP contribution in [0.5, 0.6) is 11.5 Å². The third-order valence-electron chi connectivity index (χ3n) is 4.45. The van der Waals surface area contributed by atoms with Crippen LogP contribution < -0.4 is 9.47 Å². The first-order valence-electron chi connectivity index (χ1n) is 7.33. The largest absolute Gasteiger partial charge is 0.490 e. The Hall–Kier alpha value is -1.22. The molecule has 0 aromatic heterocycles. The fourth-order valence-corrected chi connectivity index (χ4v) is 3.25. The zero-order valence-electron chi connectivity index (χ0n) is 11.5. The summed E-state index contributed by atoms with van der Waals surface area (Å²) >= 11 is 0. The molecule has 19 heavy (non-hydrogen) atoms. The Morgan fingerprint density at radius 1 is 1.11 bits per heavy atom. The molecule has 0 bridgehead atoms. The molecular weight excluding hydrogens is 240 g/mol. The van der Waals surface area contributed by atoms with Crippen molar-refractivity contribution in [3.8, 4) is 11.5 Å². The summed E-state index contributed by atoms with van der Waals surface area (Å²) in [5.74, 6) is 2.56. The highest BCUT2D eigenvalue weighted by atomic mass is 16.5. The number of hydrogen-bond acceptors (Lipinski definition) is 3. The van der Waals surface area contributed by atoms with E-state index in [1.165, 1.54) is 12.8 Å². The zero-order chi connectivity index (χ0) is 13.2. The van der Waals surface area contributed by atoms with E-state index < -0.39 is 0 Å². The van der Waals surface area contributed by atoms with Crippen molar-refractivity contribution in [1.82, 2.24) is 0 Å². The van der Waals surface area contributed by atoms with Gasteiger partial charge in [-0.05, 0) is 36.0 Å². The van der Waals surface area contributed by atoms with Gasteiger partial charge in [-0.1, -0.05) is 25.8 Å². The fraction of sp³-hybridized carbons (Fsp3) is 0.625. The highest BCUT2D eigenvalue weighted by molar-refractivity contribution is 5.44. The minimum absolute atomic E-state index is 0.379. The van der Waals surface area contributed by atoms with Gasteiger partial charge in [-0.2, -0.15) is 0 Å². The summed E-state index contributed by atoms with van der Waals surface area (Å²) in [5, 5.41) is 10.6. The third kappa shape index (κ3) is 2.57. The lowest BCUT2D eigenvalue weighted by molar-refractivity contribution is 0.0897. The molecular formula is C16H22O3. The van der Waals surface area contributed by atoms with Gasteiger partial charge in [0.05, 0.1) is 19.3 Å². The van der Waals surface area contributed by atoms with E-state index in [4.69, 9.17) is 9.47 Å². The van der Waals surface area contributed by atoms with Crippen LogP contribution in [0.15, 0.2) is 18.2 Å². The molecule has 1 heterocycles. The molecule has 1 saturated carbocycles. The van der Waals surface area contributed by atoms with E-state index in [1.54, 1.807) is 0 Å². The standard InChI is InChI=1S/C16H22O3/c1-11-4-2-5-13(11)16(17)12-6-7-14-15(10-12)19-9-3-8-18-14/h6-7,10-11,13,16-17H,2-5,8-9H2,1H3. The number of aliphatic hydroxyl groups is 1. The molecule has 0 saturated heterocycles. The van der Waals surface area contributed by atoms with E-state index in [9.17, 15) is 5.11 Å². The van der Waals surface area contributed by atoms with E-state index in [1.807, 2.05) is 18.2 Å².